The van der Waals surface area contributed by atoms with E-state index in [0.29, 0.717) is 24.1 Å². The van der Waals surface area contributed by atoms with Gasteiger partial charge in [0.05, 0.1) is 0 Å². The molecule has 0 aliphatic rings. The predicted molar refractivity (Wildman–Crippen MR) is 79.7 cm³/mol. The fourth-order valence-corrected chi connectivity index (χ4v) is 1.79. The van der Waals surface area contributed by atoms with Gasteiger partial charge in [-0.2, -0.15) is 5.10 Å². The highest BCUT2D eigenvalue weighted by Gasteiger charge is 2.16. The molecule has 1 rings (SSSR count). The number of hydrogen-bond donors (Lipinski definition) is 3. The Morgan fingerprint density at radius 1 is 1.42 bits per heavy atom. The third-order valence-electron chi connectivity index (χ3n) is 2.83. The van der Waals surface area contributed by atoms with Gasteiger partial charge in [0.25, 0.3) is 5.91 Å². The molecule has 0 aromatic carbocycles. The van der Waals surface area contributed by atoms with E-state index in [1.165, 1.54) is 0 Å². The van der Waals surface area contributed by atoms with E-state index in [0.717, 1.165) is 12.1 Å². The van der Waals surface area contributed by atoms with E-state index >= 15 is 0 Å². The fraction of sp³-hybridized carbons (Fsp3) is 0.692. The molecule has 6 heteroatoms. The smallest absolute Gasteiger partial charge is 0.272 e. The first-order valence-corrected chi connectivity index (χ1v) is 6.50. The molecule has 0 bridgehead atoms. The van der Waals surface area contributed by atoms with E-state index in [1.54, 1.807) is 6.07 Å². The molecule has 1 aromatic rings. The maximum Gasteiger partial charge on any atom is 0.272 e. The van der Waals surface area contributed by atoms with Gasteiger partial charge in [-0.25, -0.2) is 0 Å². The van der Waals surface area contributed by atoms with E-state index in [2.05, 4.69) is 43.2 Å². The Balaban J connectivity index is 0.00000324. The molecule has 0 fully saturated rings. The van der Waals surface area contributed by atoms with Crippen LogP contribution in [0.1, 0.15) is 56.2 Å². The second-order valence-corrected chi connectivity index (χ2v) is 5.40. The number of nitrogens with one attached hydrogen (secondary N) is 2. The first-order valence-electron chi connectivity index (χ1n) is 6.50. The topological polar surface area (TPSA) is 83.8 Å². The van der Waals surface area contributed by atoms with Gasteiger partial charge in [0.15, 0.2) is 0 Å². The van der Waals surface area contributed by atoms with Crippen molar-refractivity contribution in [2.75, 3.05) is 6.54 Å². The lowest BCUT2D eigenvalue weighted by Gasteiger charge is -2.17. The van der Waals surface area contributed by atoms with Crippen molar-refractivity contribution in [2.24, 2.45) is 11.7 Å². The van der Waals surface area contributed by atoms with Crippen molar-refractivity contribution in [1.29, 1.82) is 0 Å². The van der Waals surface area contributed by atoms with E-state index in [-0.39, 0.29) is 24.4 Å². The third-order valence-corrected chi connectivity index (χ3v) is 2.83. The molecule has 1 atom stereocenters. The summed E-state index contributed by atoms with van der Waals surface area (Å²) in [5.41, 5.74) is 7.06. The molecular weight excluding hydrogens is 264 g/mol. The zero-order valence-electron chi connectivity index (χ0n) is 12.1. The molecule has 0 saturated carbocycles. The summed E-state index contributed by atoms with van der Waals surface area (Å²) in [5, 5.41) is 9.82. The van der Waals surface area contributed by atoms with Crippen LogP contribution in [-0.4, -0.2) is 28.7 Å². The first-order chi connectivity index (χ1) is 8.43. The number of aromatic nitrogens is 2. The highest BCUT2D eigenvalue weighted by atomic mass is 35.5. The number of carbonyl (C=O) groups excluding carboxylic acids is 1. The Morgan fingerprint density at radius 2 is 2.05 bits per heavy atom. The van der Waals surface area contributed by atoms with Crippen molar-refractivity contribution >= 4 is 18.3 Å². The molecule has 110 valence electrons. The summed E-state index contributed by atoms with van der Waals surface area (Å²) in [7, 11) is 0. The van der Waals surface area contributed by atoms with Crippen LogP contribution in [0.2, 0.25) is 0 Å². The van der Waals surface area contributed by atoms with Crippen LogP contribution in [0, 0.1) is 5.92 Å². The Morgan fingerprint density at radius 3 is 2.47 bits per heavy atom. The summed E-state index contributed by atoms with van der Waals surface area (Å²) in [6, 6.07) is 1.81. The fourth-order valence-electron chi connectivity index (χ4n) is 1.79. The quantitative estimate of drug-likeness (QED) is 0.749. The number of nitrogens with two attached hydrogens (primary N) is 1. The number of H-pyrrole nitrogens is 1. The third kappa shape index (κ3) is 5.61. The van der Waals surface area contributed by atoms with Crippen LogP contribution in [0.4, 0.5) is 0 Å². The van der Waals surface area contributed by atoms with Crippen LogP contribution in [0.3, 0.4) is 0 Å². The average molecular weight is 289 g/mol. The van der Waals surface area contributed by atoms with Crippen LogP contribution < -0.4 is 11.1 Å². The number of nitrogens with zero attached hydrogens (tertiary/aromatic N) is 1. The highest BCUT2D eigenvalue weighted by Crippen LogP contribution is 2.12. The van der Waals surface area contributed by atoms with Crippen molar-refractivity contribution in [1.82, 2.24) is 15.5 Å². The number of carbonyl (C=O) groups is 1. The van der Waals surface area contributed by atoms with E-state index in [1.807, 2.05) is 0 Å². The number of halogens is 1. The van der Waals surface area contributed by atoms with Crippen LogP contribution in [-0.2, 0) is 0 Å². The molecule has 4 N–H and O–H groups in total. The lowest BCUT2D eigenvalue weighted by molar-refractivity contribution is 0.0928. The van der Waals surface area contributed by atoms with Gasteiger partial charge in [-0.1, -0.05) is 27.7 Å². The standard InChI is InChI=1S/C13H24N4O.ClH/c1-8(2)5-10(7-14)15-13(18)12-6-11(9(3)4)16-17-12;/h6,8-10H,5,7,14H2,1-4H3,(H,15,18)(H,16,17);1H. The summed E-state index contributed by atoms with van der Waals surface area (Å²) >= 11 is 0. The van der Waals surface area contributed by atoms with Gasteiger partial charge in [0.2, 0.25) is 0 Å². The minimum absolute atomic E-state index is 0. The van der Waals surface area contributed by atoms with Crippen LogP contribution >= 0.6 is 12.4 Å². The molecule has 1 unspecified atom stereocenters. The lowest BCUT2D eigenvalue weighted by atomic mass is 10.0. The summed E-state index contributed by atoms with van der Waals surface area (Å²) < 4.78 is 0. The predicted octanol–water partition coefficient (Wildman–Crippen LogP) is 2.06. The summed E-state index contributed by atoms with van der Waals surface area (Å²) in [5.74, 6) is 0.679. The zero-order chi connectivity index (χ0) is 13.7. The first kappa shape index (κ1) is 17.9. The molecule has 0 aliphatic heterocycles. The molecule has 19 heavy (non-hydrogen) atoms. The van der Waals surface area contributed by atoms with Gasteiger partial charge in [-0.05, 0) is 24.3 Å². The van der Waals surface area contributed by atoms with Crippen molar-refractivity contribution < 1.29 is 4.79 Å². The summed E-state index contributed by atoms with van der Waals surface area (Å²) in [6.45, 7) is 8.78. The molecule has 5 nitrogen and oxygen atoms in total. The van der Waals surface area contributed by atoms with Gasteiger partial charge in [-0.15, -0.1) is 12.4 Å². The molecule has 0 saturated heterocycles. The largest absolute Gasteiger partial charge is 0.347 e. The van der Waals surface area contributed by atoms with Crippen LogP contribution in [0.25, 0.3) is 0 Å². The van der Waals surface area contributed by atoms with Gasteiger partial charge in [-0.3, -0.25) is 9.89 Å². The van der Waals surface area contributed by atoms with Crippen molar-refractivity contribution in [3.63, 3.8) is 0 Å². The molecule has 0 aliphatic carbocycles. The van der Waals surface area contributed by atoms with Gasteiger partial charge >= 0.3 is 0 Å². The number of hydrogen-bond acceptors (Lipinski definition) is 3. The maximum atomic E-state index is 12.0. The maximum absolute atomic E-state index is 12.0. The molecule has 1 aromatic heterocycles. The second-order valence-electron chi connectivity index (χ2n) is 5.40. The van der Waals surface area contributed by atoms with Crippen LogP contribution in [0.5, 0.6) is 0 Å². The van der Waals surface area contributed by atoms with E-state index in [4.69, 9.17) is 5.73 Å². The molecular formula is C13H25ClN4O. The van der Waals surface area contributed by atoms with Crippen molar-refractivity contribution in [2.45, 2.75) is 46.1 Å². The Hall–Kier alpha value is -1.07. The molecule has 0 radical (unpaired) electrons. The minimum Gasteiger partial charge on any atom is -0.347 e. The Labute approximate surface area is 121 Å². The average Bonchev–Trinajstić information content (AvgIpc) is 2.76. The molecule has 1 heterocycles. The summed E-state index contributed by atoms with van der Waals surface area (Å²) in [6.07, 6.45) is 0.879. The van der Waals surface area contributed by atoms with E-state index in [9.17, 15) is 4.79 Å². The van der Waals surface area contributed by atoms with Crippen molar-refractivity contribution in [3.05, 3.63) is 17.5 Å². The SMILES string of the molecule is CC(C)CC(CN)NC(=O)c1cc(C(C)C)[nH]n1.Cl. The highest BCUT2D eigenvalue weighted by molar-refractivity contribution is 5.92. The monoisotopic (exact) mass is 288 g/mol. The lowest BCUT2D eigenvalue weighted by Crippen LogP contribution is -2.41. The number of rotatable bonds is 6. The normalized spacial score (nSPS) is 12.4. The Kier molecular flexibility index (Phi) is 7.71. The van der Waals surface area contributed by atoms with Crippen LogP contribution in [0.15, 0.2) is 6.07 Å². The number of amides is 1. The number of aromatic amines is 1. The van der Waals surface area contributed by atoms with Crippen molar-refractivity contribution in [3.8, 4) is 0 Å². The second kappa shape index (κ2) is 8.17. The van der Waals surface area contributed by atoms with E-state index < -0.39 is 0 Å². The molecule has 0 spiro atoms. The zero-order valence-corrected chi connectivity index (χ0v) is 12.9. The Bertz CT molecular complexity index is 390. The molecule has 1 amide bonds. The van der Waals surface area contributed by atoms with Gasteiger partial charge < -0.3 is 11.1 Å². The van der Waals surface area contributed by atoms with Gasteiger partial charge in [0.1, 0.15) is 5.69 Å². The van der Waals surface area contributed by atoms with Gasteiger partial charge in [0, 0.05) is 18.3 Å². The minimum atomic E-state index is -0.158. The summed E-state index contributed by atoms with van der Waals surface area (Å²) in [4.78, 5) is 12.0.